The molecule has 1 fully saturated rings. The Morgan fingerprint density at radius 2 is 1.78 bits per heavy atom. The van der Waals surface area contributed by atoms with Crippen LogP contribution in [0.3, 0.4) is 0 Å². The zero-order valence-electron chi connectivity index (χ0n) is 19.3. The molecule has 3 aromatic rings. The van der Waals surface area contributed by atoms with Gasteiger partial charge in [0.15, 0.2) is 5.54 Å². The number of fused-ring (bicyclic) bond motifs is 2. The van der Waals surface area contributed by atoms with E-state index < -0.39 is 23.5 Å². The fraction of sp³-hybridized carbons (Fsp3) is 0.222. The van der Waals surface area contributed by atoms with Crippen LogP contribution >= 0.6 is 23.2 Å². The zero-order chi connectivity index (χ0) is 25.4. The predicted octanol–water partition coefficient (Wildman–Crippen LogP) is 4.49. The van der Waals surface area contributed by atoms with Gasteiger partial charge in [-0.15, -0.1) is 0 Å². The molecule has 0 saturated carbocycles. The van der Waals surface area contributed by atoms with Crippen LogP contribution in [0.5, 0.6) is 0 Å². The van der Waals surface area contributed by atoms with Gasteiger partial charge in [-0.05, 0) is 42.8 Å². The highest BCUT2D eigenvalue weighted by Crippen LogP contribution is 2.56. The maximum absolute atomic E-state index is 14.2. The molecule has 3 aromatic carbocycles. The van der Waals surface area contributed by atoms with Crippen LogP contribution in [-0.2, 0) is 24.7 Å². The smallest absolute Gasteiger partial charge is 0.319 e. The number of ether oxygens (including phenoxy) is 1. The van der Waals surface area contributed by atoms with E-state index in [0.717, 1.165) is 5.56 Å². The molecule has 0 bridgehead atoms. The molecule has 2 N–H and O–H groups in total. The molecule has 2 aliphatic heterocycles. The van der Waals surface area contributed by atoms with Crippen molar-refractivity contribution in [3.8, 4) is 0 Å². The molecule has 1 saturated heterocycles. The van der Waals surface area contributed by atoms with E-state index >= 15 is 0 Å². The Hall–Kier alpha value is -3.39. The van der Waals surface area contributed by atoms with Crippen molar-refractivity contribution in [2.24, 2.45) is 0 Å². The zero-order valence-corrected chi connectivity index (χ0v) is 20.8. The molecule has 1 spiro atoms. The third-order valence-corrected chi connectivity index (χ3v) is 7.08. The highest BCUT2D eigenvalue weighted by Gasteiger charge is 2.67. The first-order valence-corrected chi connectivity index (χ1v) is 12.3. The molecule has 2 amide bonds. The molecule has 2 heterocycles. The van der Waals surface area contributed by atoms with Crippen LogP contribution < -0.4 is 15.5 Å². The SMILES string of the molecule is CCOC(=O)CNC1C(=O)N(c2cccc(Cl)c2)C2(C(=O)Nc3cc(Cl)ccc32)C1c1ccccc1. The Morgan fingerprint density at radius 3 is 2.50 bits per heavy atom. The van der Waals surface area contributed by atoms with Crippen LogP contribution in [-0.4, -0.2) is 37.0 Å². The van der Waals surface area contributed by atoms with E-state index in [4.69, 9.17) is 27.9 Å². The van der Waals surface area contributed by atoms with Crippen LogP contribution in [0.1, 0.15) is 24.0 Å². The summed E-state index contributed by atoms with van der Waals surface area (Å²) in [6, 6.07) is 20.4. The summed E-state index contributed by atoms with van der Waals surface area (Å²) < 4.78 is 5.07. The van der Waals surface area contributed by atoms with Gasteiger partial charge in [-0.1, -0.05) is 65.7 Å². The molecule has 0 radical (unpaired) electrons. The lowest BCUT2D eigenvalue weighted by Gasteiger charge is -2.38. The van der Waals surface area contributed by atoms with E-state index in [0.29, 0.717) is 27.0 Å². The summed E-state index contributed by atoms with van der Waals surface area (Å²) in [6.45, 7) is 1.74. The van der Waals surface area contributed by atoms with Crippen molar-refractivity contribution in [1.82, 2.24) is 5.32 Å². The first-order valence-electron chi connectivity index (χ1n) is 11.5. The number of hydrogen-bond donors (Lipinski definition) is 2. The summed E-state index contributed by atoms with van der Waals surface area (Å²) in [7, 11) is 0. The second-order valence-corrected chi connectivity index (χ2v) is 9.49. The van der Waals surface area contributed by atoms with Crippen molar-refractivity contribution in [2.45, 2.75) is 24.4 Å². The lowest BCUT2D eigenvalue weighted by atomic mass is 9.74. The van der Waals surface area contributed by atoms with Gasteiger partial charge in [0.2, 0.25) is 5.91 Å². The van der Waals surface area contributed by atoms with Gasteiger partial charge in [0.25, 0.3) is 5.91 Å². The average Bonchev–Trinajstić information content (AvgIpc) is 3.28. The number of carbonyl (C=O) groups excluding carboxylic acids is 3. The number of esters is 1. The fourth-order valence-electron chi connectivity index (χ4n) is 5.31. The van der Waals surface area contributed by atoms with Crippen molar-refractivity contribution >= 4 is 52.4 Å². The van der Waals surface area contributed by atoms with Crippen molar-refractivity contribution in [1.29, 1.82) is 0 Å². The van der Waals surface area contributed by atoms with Crippen LogP contribution in [0.15, 0.2) is 72.8 Å². The number of rotatable bonds is 6. The Bertz CT molecular complexity index is 1350. The van der Waals surface area contributed by atoms with E-state index in [1.54, 1.807) is 49.4 Å². The Kier molecular flexibility index (Phi) is 6.47. The number of amides is 2. The summed E-state index contributed by atoms with van der Waals surface area (Å²) in [5, 5.41) is 6.91. The molecular formula is C27H23Cl2N3O4. The van der Waals surface area contributed by atoms with Gasteiger partial charge in [-0.25, -0.2) is 0 Å². The van der Waals surface area contributed by atoms with Crippen molar-refractivity contribution in [3.05, 3.63) is 94.0 Å². The van der Waals surface area contributed by atoms with Gasteiger partial charge in [0.1, 0.15) is 0 Å². The number of carbonyl (C=O) groups is 3. The highest BCUT2D eigenvalue weighted by molar-refractivity contribution is 6.32. The molecule has 0 aliphatic carbocycles. The second-order valence-electron chi connectivity index (χ2n) is 8.62. The highest BCUT2D eigenvalue weighted by atomic mass is 35.5. The van der Waals surface area contributed by atoms with Crippen molar-refractivity contribution in [3.63, 3.8) is 0 Å². The number of hydrogen-bond acceptors (Lipinski definition) is 5. The Labute approximate surface area is 218 Å². The molecule has 184 valence electrons. The largest absolute Gasteiger partial charge is 0.465 e. The monoisotopic (exact) mass is 523 g/mol. The van der Waals surface area contributed by atoms with Gasteiger partial charge in [-0.3, -0.25) is 24.6 Å². The molecule has 0 aromatic heterocycles. The number of nitrogens with one attached hydrogen (secondary N) is 2. The Balaban J connectivity index is 1.76. The second kappa shape index (κ2) is 9.58. The lowest BCUT2D eigenvalue weighted by molar-refractivity contribution is -0.142. The van der Waals surface area contributed by atoms with Gasteiger partial charge < -0.3 is 10.1 Å². The van der Waals surface area contributed by atoms with E-state index in [9.17, 15) is 14.4 Å². The number of halogens is 2. The van der Waals surface area contributed by atoms with Crippen LogP contribution in [0.25, 0.3) is 0 Å². The van der Waals surface area contributed by atoms with Gasteiger partial charge >= 0.3 is 5.97 Å². The molecular weight excluding hydrogens is 501 g/mol. The predicted molar refractivity (Wildman–Crippen MR) is 138 cm³/mol. The quantitative estimate of drug-likeness (QED) is 0.464. The molecule has 7 nitrogen and oxygen atoms in total. The summed E-state index contributed by atoms with van der Waals surface area (Å²) in [4.78, 5) is 42.0. The fourth-order valence-corrected chi connectivity index (χ4v) is 5.67. The number of benzene rings is 3. The maximum atomic E-state index is 14.2. The maximum Gasteiger partial charge on any atom is 0.319 e. The summed E-state index contributed by atoms with van der Waals surface area (Å²) in [5.41, 5.74) is 0.898. The normalized spacial score (nSPS) is 22.6. The minimum absolute atomic E-state index is 0.192. The minimum atomic E-state index is -1.46. The number of anilines is 2. The molecule has 36 heavy (non-hydrogen) atoms. The van der Waals surface area contributed by atoms with E-state index in [1.807, 2.05) is 30.3 Å². The van der Waals surface area contributed by atoms with Crippen molar-refractivity contribution < 1.29 is 19.1 Å². The summed E-state index contributed by atoms with van der Waals surface area (Å²) in [5.74, 6) is -1.92. The first kappa shape index (κ1) is 24.3. The third-order valence-electron chi connectivity index (χ3n) is 6.61. The molecule has 2 aliphatic rings. The van der Waals surface area contributed by atoms with E-state index in [1.165, 1.54) is 4.90 Å². The lowest BCUT2D eigenvalue weighted by Crippen LogP contribution is -2.51. The van der Waals surface area contributed by atoms with Gasteiger partial charge in [-0.2, -0.15) is 0 Å². The molecule has 3 atom stereocenters. The van der Waals surface area contributed by atoms with Crippen LogP contribution in [0.2, 0.25) is 10.0 Å². The summed E-state index contributed by atoms with van der Waals surface area (Å²) in [6.07, 6.45) is 0. The third kappa shape index (κ3) is 3.84. The van der Waals surface area contributed by atoms with Gasteiger partial charge in [0, 0.05) is 32.9 Å². The standard InChI is InChI=1S/C27H23Cl2N3O4/c1-2-36-22(33)15-30-24-23(16-7-4-3-5-8-16)27(20-12-11-18(29)14-21(20)31-26(27)35)32(25(24)34)19-10-6-9-17(28)13-19/h3-14,23-24,30H,2,15H2,1H3,(H,31,35). The first-order chi connectivity index (χ1) is 17.4. The summed E-state index contributed by atoms with van der Waals surface area (Å²) >= 11 is 12.6. The Morgan fingerprint density at radius 1 is 1.03 bits per heavy atom. The van der Waals surface area contributed by atoms with Crippen molar-refractivity contribution in [2.75, 3.05) is 23.4 Å². The van der Waals surface area contributed by atoms with E-state index in [2.05, 4.69) is 10.6 Å². The van der Waals surface area contributed by atoms with Crippen LogP contribution in [0, 0.1) is 0 Å². The molecule has 9 heteroatoms. The molecule has 5 rings (SSSR count). The number of nitrogens with zero attached hydrogens (tertiary/aromatic N) is 1. The molecule has 3 unspecified atom stereocenters. The average molecular weight is 524 g/mol. The minimum Gasteiger partial charge on any atom is -0.465 e. The topological polar surface area (TPSA) is 87.7 Å². The van der Waals surface area contributed by atoms with E-state index in [-0.39, 0.29) is 25.0 Å². The van der Waals surface area contributed by atoms with Gasteiger partial charge in [0.05, 0.1) is 19.2 Å². The van der Waals surface area contributed by atoms with Crippen LogP contribution in [0.4, 0.5) is 11.4 Å².